The monoisotopic (exact) mass is 1040 g/mol. The van der Waals surface area contributed by atoms with Gasteiger partial charge in [0.05, 0.1) is 0 Å². The number of esters is 3. The number of unbranched alkanes of at least 4 members (excludes halogenated alkanes) is 30. The summed E-state index contributed by atoms with van der Waals surface area (Å²) in [5.41, 5.74) is 0. The summed E-state index contributed by atoms with van der Waals surface area (Å²) >= 11 is 0. The summed E-state index contributed by atoms with van der Waals surface area (Å²) < 4.78 is 16.9. The molecule has 0 N–H and O–H groups in total. The SMILES string of the molecule is CC/C=C\C/C=C\C/C=C\C/C=C\C/C=C\C/C=C\CCCCCCCCC(=O)OCC(COC(=O)CCCCCCCCCCCCCCCCC)OC(=O)CCCCCCCCC/C=C\C/C=C\CCCCC. The van der Waals surface area contributed by atoms with E-state index >= 15 is 0 Å². The van der Waals surface area contributed by atoms with Crippen molar-refractivity contribution in [3.63, 3.8) is 0 Å². The number of ether oxygens (including phenoxy) is 3. The van der Waals surface area contributed by atoms with E-state index in [0.29, 0.717) is 19.3 Å². The van der Waals surface area contributed by atoms with Crippen LogP contribution >= 0.6 is 0 Å². The van der Waals surface area contributed by atoms with Gasteiger partial charge in [-0.25, -0.2) is 0 Å². The van der Waals surface area contributed by atoms with Gasteiger partial charge in [-0.15, -0.1) is 0 Å². The van der Waals surface area contributed by atoms with Crippen LogP contribution in [0.5, 0.6) is 0 Å². The molecule has 0 bridgehead atoms. The summed E-state index contributed by atoms with van der Waals surface area (Å²) in [4.78, 5) is 38.3. The lowest BCUT2D eigenvalue weighted by Crippen LogP contribution is -2.30. The van der Waals surface area contributed by atoms with E-state index in [4.69, 9.17) is 14.2 Å². The van der Waals surface area contributed by atoms with Crippen LogP contribution in [0.2, 0.25) is 0 Å². The van der Waals surface area contributed by atoms with Gasteiger partial charge in [-0.1, -0.05) is 279 Å². The molecular weight excluding hydrogens is 925 g/mol. The maximum Gasteiger partial charge on any atom is 0.306 e. The van der Waals surface area contributed by atoms with Gasteiger partial charge < -0.3 is 14.2 Å². The van der Waals surface area contributed by atoms with Crippen LogP contribution < -0.4 is 0 Å². The van der Waals surface area contributed by atoms with E-state index in [1.807, 2.05) is 0 Å². The van der Waals surface area contributed by atoms with Gasteiger partial charge in [0.2, 0.25) is 0 Å². The molecule has 1 unspecified atom stereocenters. The van der Waals surface area contributed by atoms with Crippen molar-refractivity contribution >= 4 is 17.9 Å². The molecule has 0 heterocycles. The molecule has 0 amide bonds. The van der Waals surface area contributed by atoms with Crippen molar-refractivity contribution in [3.8, 4) is 0 Å². The van der Waals surface area contributed by atoms with Crippen LogP contribution in [0.1, 0.15) is 303 Å². The summed E-state index contributed by atoms with van der Waals surface area (Å²) in [6, 6.07) is 0. The first-order valence-electron chi connectivity index (χ1n) is 31.7. The highest BCUT2D eigenvalue weighted by atomic mass is 16.6. The van der Waals surface area contributed by atoms with Crippen LogP contribution in [0, 0.1) is 0 Å². The quantitative estimate of drug-likeness (QED) is 0.0261. The minimum Gasteiger partial charge on any atom is -0.462 e. The number of hydrogen-bond acceptors (Lipinski definition) is 6. The molecule has 0 radical (unpaired) electrons. The summed E-state index contributed by atoms with van der Waals surface area (Å²) in [5, 5.41) is 0. The second kappa shape index (κ2) is 62.9. The fraction of sp³-hybridized carbons (Fsp3) is 0.725. The lowest BCUT2D eigenvalue weighted by atomic mass is 10.0. The third-order valence-corrected chi connectivity index (χ3v) is 13.6. The Hall–Kier alpha value is -3.67. The molecule has 0 aliphatic heterocycles. The first-order valence-corrected chi connectivity index (χ1v) is 31.7. The summed E-state index contributed by atoms with van der Waals surface area (Å²) in [6.45, 7) is 6.51. The Bertz CT molecular complexity index is 1480. The normalized spacial score (nSPS) is 12.7. The number of rotatable bonds is 57. The van der Waals surface area contributed by atoms with E-state index in [1.54, 1.807) is 0 Å². The summed E-state index contributed by atoms with van der Waals surface area (Å²) in [6.07, 6.45) is 84.0. The second-order valence-corrected chi connectivity index (χ2v) is 20.9. The number of allylic oxidation sites excluding steroid dienone is 16. The van der Waals surface area contributed by atoms with E-state index < -0.39 is 6.10 Å². The number of hydrogen-bond donors (Lipinski definition) is 0. The van der Waals surface area contributed by atoms with E-state index in [9.17, 15) is 14.4 Å². The van der Waals surface area contributed by atoms with E-state index in [2.05, 4.69) is 118 Å². The van der Waals surface area contributed by atoms with Crippen molar-refractivity contribution in [2.45, 2.75) is 309 Å². The molecule has 0 aliphatic carbocycles. The van der Waals surface area contributed by atoms with Crippen LogP contribution in [0.25, 0.3) is 0 Å². The largest absolute Gasteiger partial charge is 0.462 e. The first kappa shape index (κ1) is 71.3. The van der Waals surface area contributed by atoms with E-state index in [1.165, 1.54) is 141 Å². The smallest absolute Gasteiger partial charge is 0.306 e. The molecule has 0 aromatic heterocycles. The highest BCUT2D eigenvalue weighted by Crippen LogP contribution is 2.16. The van der Waals surface area contributed by atoms with E-state index in [-0.39, 0.29) is 31.1 Å². The summed E-state index contributed by atoms with van der Waals surface area (Å²) in [5.74, 6) is -0.896. The molecule has 6 heteroatoms. The van der Waals surface area contributed by atoms with Crippen molar-refractivity contribution < 1.29 is 28.6 Å². The zero-order chi connectivity index (χ0) is 54.3. The van der Waals surface area contributed by atoms with Gasteiger partial charge in [0.25, 0.3) is 0 Å². The maximum atomic E-state index is 12.9. The van der Waals surface area contributed by atoms with Crippen molar-refractivity contribution in [2.24, 2.45) is 0 Å². The molecule has 0 saturated heterocycles. The van der Waals surface area contributed by atoms with Gasteiger partial charge in [0.15, 0.2) is 6.10 Å². The van der Waals surface area contributed by atoms with Gasteiger partial charge in [-0.05, 0) is 103 Å². The predicted molar refractivity (Wildman–Crippen MR) is 325 cm³/mol. The van der Waals surface area contributed by atoms with Crippen LogP contribution in [-0.4, -0.2) is 37.2 Å². The van der Waals surface area contributed by atoms with Crippen LogP contribution in [0.4, 0.5) is 0 Å². The third-order valence-electron chi connectivity index (χ3n) is 13.6. The zero-order valence-electron chi connectivity index (χ0n) is 49.3. The van der Waals surface area contributed by atoms with Gasteiger partial charge in [-0.2, -0.15) is 0 Å². The minimum absolute atomic E-state index is 0.0832. The lowest BCUT2D eigenvalue weighted by molar-refractivity contribution is -0.167. The van der Waals surface area contributed by atoms with Crippen LogP contribution in [-0.2, 0) is 28.6 Å². The lowest BCUT2D eigenvalue weighted by Gasteiger charge is -2.18. The van der Waals surface area contributed by atoms with Gasteiger partial charge in [-0.3, -0.25) is 14.4 Å². The maximum absolute atomic E-state index is 12.9. The van der Waals surface area contributed by atoms with Crippen LogP contribution in [0.3, 0.4) is 0 Å². The molecule has 6 nitrogen and oxygen atoms in total. The summed E-state index contributed by atoms with van der Waals surface area (Å²) in [7, 11) is 0. The molecular formula is C69H118O6. The Balaban J connectivity index is 4.39. The first-order chi connectivity index (χ1) is 37.0. The van der Waals surface area contributed by atoms with Crippen molar-refractivity contribution in [2.75, 3.05) is 13.2 Å². The third kappa shape index (κ3) is 61.1. The Kier molecular flexibility index (Phi) is 59.8. The van der Waals surface area contributed by atoms with E-state index in [0.717, 1.165) is 122 Å². The standard InChI is InChI=1S/C69H118O6/c1-4-7-10-13-16-19-22-25-28-30-31-32-33-34-35-36-37-39-41-44-47-50-53-56-59-62-68(71)74-65-66(64-73-67(70)61-58-55-52-49-46-43-40-27-24-21-18-15-12-9-6-3)75-69(72)63-60-57-54-51-48-45-42-38-29-26-23-20-17-14-11-8-5-2/h7,10,16-17,19-20,25-26,28-29,31-32,34-35,37,39,66H,4-6,8-9,11-15,18,21-24,27,30,33,36,38,40-65H2,1-3H3/b10-7-,19-16-,20-17-,28-25-,29-26-,32-31-,35-34-,39-37-. The molecule has 1 atom stereocenters. The molecule has 0 aliphatic rings. The number of carbonyl (C=O) groups excluding carboxylic acids is 3. The van der Waals surface area contributed by atoms with Gasteiger partial charge in [0.1, 0.15) is 13.2 Å². The Morgan fingerprint density at radius 1 is 0.280 bits per heavy atom. The Labute approximate surface area is 464 Å². The molecule has 430 valence electrons. The fourth-order valence-electron chi connectivity index (χ4n) is 8.83. The highest BCUT2D eigenvalue weighted by molar-refractivity contribution is 5.71. The Morgan fingerprint density at radius 2 is 0.520 bits per heavy atom. The number of carbonyl (C=O) groups is 3. The molecule has 75 heavy (non-hydrogen) atoms. The molecule has 0 aromatic carbocycles. The average Bonchev–Trinajstić information content (AvgIpc) is 3.41. The fourth-order valence-corrected chi connectivity index (χ4v) is 8.83. The Morgan fingerprint density at radius 3 is 0.840 bits per heavy atom. The molecule has 0 spiro atoms. The average molecular weight is 1040 g/mol. The topological polar surface area (TPSA) is 78.9 Å². The molecule has 0 aromatic rings. The van der Waals surface area contributed by atoms with Crippen molar-refractivity contribution in [1.82, 2.24) is 0 Å². The van der Waals surface area contributed by atoms with Crippen molar-refractivity contribution in [1.29, 1.82) is 0 Å². The minimum atomic E-state index is -0.788. The predicted octanol–water partition coefficient (Wildman–Crippen LogP) is 21.7. The molecule has 0 rings (SSSR count). The highest BCUT2D eigenvalue weighted by Gasteiger charge is 2.19. The molecule has 0 fully saturated rings. The van der Waals surface area contributed by atoms with Gasteiger partial charge in [0, 0.05) is 19.3 Å². The molecule has 0 saturated carbocycles. The second-order valence-electron chi connectivity index (χ2n) is 20.9. The van der Waals surface area contributed by atoms with Gasteiger partial charge >= 0.3 is 17.9 Å². The van der Waals surface area contributed by atoms with Crippen LogP contribution in [0.15, 0.2) is 97.2 Å². The zero-order valence-corrected chi connectivity index (χ0v) is 49.3. The van der Waals surface area contributed by atoms with Crippen molar-refractivity contribution in [3.05, 3.63) is 97.2 Å².